The number of thiazole rings is 1. The van der Waals surface area contributed by atoms with Gasteiger partial charge in [0.1, 0.15) is 16.9 Å². The van der Waals surface area contributed by atoms with E-state index in [1.165, 1.54) is 48.8 Å². The van der Waals surface area contributed by atoms with Crippen molar-refractivity contribution >= 4 is 49.3 Å². The predicted molar refractivity (Wildman–Crippen MR) is 139 cm³/mol. The summed E-state index contributed by atoms with van der Waals surface area (Å²) in [5.74, 6) is -2.72. The number of β-lactam (4-membered cyclic amide) rings is 1. The number of aliphatic hydroxyl groups excluding tert-OH is 1. The first-order valence-corrected chi connectivity index (χ1v) is 14.1. The van der Waals surface area contributed by atoms with Crippen LogP contribution in [0.25, 0.3) is 10.4 Å². The molecule has 0 unspecified atom stereocenters. The summed E-state index contributed by atoms with van der Waals surface area (Å²) < 4.78 is 28.2. The van der Waals surface area contributed by atoms with Crippen molar-refractivity contribution in [3.05, 3.63) is 63.0 Å². The third-order valence-electron chi connectivity index (χ3n) is 7.43. The fourth-order valence-electron chi connectivity index (χ4n) is 5.65. The molecule has 2 aliphatic rings. The molecule has 2 aromatic heterocycles. The molecule has 0 radical (unpaired) electrons. The number of nitro benzene ring substituents is 1. The van der Waals surface area contributed by atoms with Gasteiger partial charge in [-0.2, -0.15) is 0 Å². The predicted octanol–water partition coefficient (Wildman–Crippen LogP) is 1.82. The average Bonchev–Trinajstić information content (AvgIpc) is 3.47. The van der Waals surface area contributed by atoms with Crippen LogP contribution in [0, 0.1) is 21.4 Å². The highest BCUT2D eigenvalue weighted by molar-refractivity contribution is 7.89. The molecule has 1 aromatic carbocycles. The number of carboxylic acid groups (broad SMARTS) is 1. The van der Waals surface area contributed by atoms with E-state index in [1.54, 1.807) is 25.3 Å². The van der Waals surface area contributed by atoms with Crippen molar-refractivity contribution in [3.8, 4) is 0 Å². The van der Waals surface area contributed by atoms with Gasteiger partial charge >= 0.3 is 5.97 Å². The summed E-state index contributed by atoms with van der Waals surface area (Å²) >= 11 is 1.04. The Morgan fingerprint density at radius 2 is 1.95 bits per heavy atom. The number of aliphatic carboxylic acids is 1. The molecule has 1 saturated heterocycles. The van der Waals surface area contributed by atoms with Gasteiger partial charge in [-0.05, 0) is 18.9 Å². The highest BCUT2D eigenvalue weighted by Crippen LogP contribution is 2.59. The maximum absolute atomic E-state index is 13.1. The molecule has 0 spiro atoms. The number of benzene rings is 1. The third kappa shape index (κ3) is 3.87. The van der Waals surface area contributed by atoms with E-state index in [9.17, 15) is 38.3 Å². The van der Waals surface area contributed by atoms with Gasteiger partial charge in [0.25, 0.3) is 15.7 Å². The maximum Gasteiger partial charge on any atom is 0.352 e. The summed E-state index contributed by atoms with van der Waals surface area (Å²) in [5.41, 5.74) is -0.402. The van der Waals surface area contributed by atoms with Gasteiger partial charge in [-0.15, -0.1) is 11.3 Å². The first-order chi connectivity index (χ1) is 18.2. The summed E-state index contributed by atoms with van der Waals surface area (Å²) in [6, 6.07) is 5.15. The van der Waals surface area contributed by atoms with E-state index in [1.807, 2.05) is 0 Å². The van der Waals surface area contributed by atoms with E-state index in [0.717, 1.165) is 15.6 Å². The van der Waals surface area contributed by atoms with E-state index in [0.29, 0.717) is 16.0 Å². The molecule has 0 aliphatic carbocycles. The van der Waals surface area contributed by atoms with Crippen LogP contribution < -0.4 is 0 Å². The molecule has 3 aromatic rings. The molecule has 13 nitrogen and oxygen atoms in total. The fourth-order valence-corrected chi connectivity index (χ4v) is 8.10. The fraction of sp³-hybridized carbons (Fsp3) is 0.375. The van der Waals surface area contributed by atoms with Crippen LogP contribution in [0.5, 0.6) is 0 Å². The number of rotatable bonds is 8. The van der Waals surface area contributed by atoms with Crippen LogP contribution in [-0.2, 0) is 26.0 Å². The van der Waals surface area contributed by atoms with Gasteiger partial charge in [-0.3, -0.25) is 19.3 Å². The zero-order valence-corrected chi connectivity index (χ0v) is 22.9. The number of carboxylic acids is 1. The second-order valence-corrected chi connectivity index (χ2v) is 13.2. The third-order valence-corrected chi connectivity index (χ3v) is 10.4. The minimum absolute atomic E-state index is 0.102. The lowest BCUT2D eigenvalue weighted by atomic mass is 9.64. The minimum Gasteiger partial charge on any atom is -0.477 e. The largest absolute Gasteiger partial charge is 0.477 e. The Labute approximate surface area is 226 Å². The summed E-state index contributed by atoms with van der Waals surface area (Å²) in [7, 11) is -1.14. The van der Waals surface area contributed by atoms with Gasteiger partial charge in [0.15, 0.2) is 0 Å². The summed E-state index contributed by atoms with van der Waals surface area (Å²) in [6.07, 6.45) is 2.06. The van der Waals surface area contributed by atoms with Crippen molar-refractivity contribution in [1.82, 2.24) is 18.6 Å². The zero-order valence-electron chi connectivity index (χ0n) is 21.3. The van der Waals surface area contributed by atoms with Crippen LogP contribution >= 0.6 is 11.3 Å². The summed E-state index contributed by atoms with van der Waals surface area (Å²) in [5, 5.41) is 31.7. The Morgan fingerprint density at radius 1 is 1.31 bits per heavy atom. The molecule has 0 saturated carbocycles. The zero-order chi connectivity index (χ0) is 28.6. The standard InChI is InChI=1S/C24H25N5O8S2/c1-12(30)16-19-24(2,9-13-5-7-14(8-6-13)29(34)35)17(18(23(32)33)28(19)21(16)31)15-10-27-11-25-20(22(27)38-15)39(36,37)26(3)4/h5-8,10-12,16,19,30H,9H2,1-4H3,(H,32,33)/t12-,16-,19-,24+/m1/s1. The second-order valence-electron chi connectivity index (χ2n) is 10.1. The van der Waals surface area contributed by atoms with Crippen molar-refractivity contribution in [2.24, 2.45) is 11.3 Å². The number of aliphatic hydroxyl groups is 1. The number of hydrogen-bond donors (Lipinski definition) is 2. The van der Waals surface area contributed by atoms with Crippen LogP contribution in [0.2, 0.25) is 0 Å². The Hall–Kier alpha value is -3.66. The first kappa shape index (κ1) is 26.9. The number of amides is 1. The number of imidazole rings is 1. The molecule has 39 heavy (non-hydrogen) atoms. The van der Waals surface area contributed by atoms with Crippen LogP contribution in [0.4, 0.5) is 5.69 Å². The van der Waals surface area contributed by atoms with Gasteiger partial charge in [0.2, 0.25) is 10.9 Å². The second kappa shape index (κ2) is 8.94. The van der Waals surface area contributed by atoms with Crippen LogP contribution in [0.3, 0.4) is 0 Å². The lowest BCUT2D eigenvalue weighted by Crippen LogP contribution is -2.66. The average molecular weight is 576 g/mol. The van der Waals surface area contributed by atoms with Crippen molar-refractivity contribution in [1.29, 1.82) is 0 Å². The molecule has 4 atom stereocenters. The Morgan fingerprint density at radius 3 is 2.49 bits per heavy atom. The lowest BCUT2D eigenvalue weighted by Gasteiger charge is -2.51. The van der Waals surface area contributed by atoms with Crippen LogP contribution in [0.1, 0.15) is 24.3 Å². The van der Waals surface area contributed by atoms with E-state index in [4.69, 9.17) is 0 Å². The molecule has 1 fully saturated rings. The number of aromatic nitrogens is 2. The molecule has 206 valence electrons. The molecule has 5 rings (SSSR count). The molecule has 2 aliphatic heterocycles. The van der Waals surface area contributed by atoms with Gasteiger partial charge in [-0.1, -0.05) is 19.1 Å². The van der Waals surface area contributed by atoms with Gasteiger partial charge in [-0.25, -0.2) is 22.5 Å². The van der Waals surface area contributed by atoms with Gasteiger partial charge in [0, 0.05) is 43.4 Å². The van der Waals surface area contributed by atoms with E-state index in [-0.39, 0.29) is 27.7 Å². The van der Waals surface area contributed by atoms with Crippen molar-refractivity contribution in [2.75, 3.05) is 14.1 Å². The number of sulfonamides is 1. The summed E-state index contributed by atoms with van der Waals surface area (Å²) in [6.45, 7) is 3.27. The SMILES string of the molecule is C[C@@H](O)[C@H]1C(=O)N2C(C(=O)O)=C(c3cn4cnc(S(=O)(=O)N(C)C)c4s3)[C@](C)(Cc3ccc([N+](=O)[O-])cc3)[C@@H]12. The van der Waals surface area contributed by atoms with Gasteiger partial charge in [0.05, 0.1) is 27.9 Å². The molecule has 1 amide bonds. The first-order valence-electron chi connectivity index (χ1n) is 11.8. The minimum atomic E-state index is -3.90. The molecule has 15 heteroatoms. The topological polar surface area (TPSA) is 176 Å². The molecule has 2 N–H and O–H groups in total. The number of nitrogens with zero attached hydrogens (tertiary/aromatic N) is 5. The number of nitro groups is 1. The molecular formula is C24H25N5O8S2. The lowest BCUT2D eigenvalue weighted by molar-refractivity contribution is -0.384. The highest BCUT2D eigenvalue weighted by atomic mass is 32.2. The van der Waals surface area contributed by atoms with Gasteiger partial charge < -0.3 is 15.1 Å². The highest BCUT2D eigenvalue weighted by Gasteiger charge is 2.66. The number of fused-ring (bicyclic) bond motifs is 2. The number of carbonyl (C=O) groups excluding carboxylic acids is 1. The van der Waals surface area contributed by atoms with Crippen molar-refractivity contribution < 1.29 is 33.1 Å². The number of carbonyl (C=O) groups is 2. The van der Waals surface area contributed by atoms with Crippen molar-refractivity contribution in [2.45, 2.75) is 37.4 Å². The maximum atomic E-state index is 13.1. The number of hydrogen-bond acceptors (Lipinski definition) is 9. The monoisotopic (exact) mass is 575 g/mol. The van der Waals surface area contributed by atoms with E-state index >= 15 is 0 Å². The summed E-state index contributed by atoms with van der Waals surface area (Å²) in [4.78, 5) is 42.3. The van der Waals surface area contributed by atoms with E-state index in [2.05, 4.69) is 4.98 Å². The molecule has 0 bridgehead atoms. The quantitative estimate of drug-likeness (QED) is 0.230. The Balaban J connectivity index is 1.71. The van der Waals surface area contributed by atoms with Crippen LogP contribution in [-0.4, -0.2) is 80.3 Å². The number of non-ortho nitro benzene ring substituents is 1. The molecular weight excluding hydrogens is 550 g/mol. The Bertz CT molecular complexity index is 1670. The normalized spacial score (nSPS) is 23.8. The smallest absolute Gasteiger partial charge is 0.352 e. The Kier molecular flexibility index (Phi) is 6.17. The van der Waals surface area contributed by atoms with Crippen LogP contribution in [0.15, 0.2) is 47.5 Å². The molecule has 4 heterocycles. The van der Waals surface area contributed by atoms with Crippen molar-refractivity contribution in [3.63, 3.8) is 0 Å². The van der Waals surface area contributed by atoms with E-state index < -0.39 is 50.3 Å².